The predicted molar refractivity (Wildman–Crippen MR) is 101 cm³/mol. The number of nitrogens with one attached hydrogen (secondary N) is 1. The van der Waals surface area contributed by atoms with Gasteiger partial charge in [0.05, 0.1) is 19.8 Å². The number of carbonyl (C=O) groups is 1. The lowest BCUT2D eigenvalue weighted by Crippen LogP contribution is -2.33. The van der Waals surface area contributed by atoms with E-state index in [-0.39, 0.29) is 17.9 Å². The molecule has 0 unspecified atom stereocenters. The molecule has 0 aliphatic carbocycles. The van der Waals surface area contributed by atoms with Crippen molar-refractivity contribution in [2.45, 2.75) is 24.4 Å². The molecular weight excluding hydrogens is 354 g/mol. The van der Waals surface area contributed by atoms with Crippen LogP contribution in [0.3, 0.4) is 0 Å². The van der Waals surface area contributed by atoms with Gasteiger partial charge >= 0.3 is 0 Å². The number of anilines is 1. The fourth-order valence-electron chi connectivity index (χ4n) is 3.17. The predicted octanol–water partition coefficient (Wildman–Crippen LogP) is 2.38. The van der Waals surface area contributed by atoms with E-state index in [4.69, 9.17) is 9.47 Å². The van der Waals surface area contributed by atoms with E-state index in [1.54, 1.807) is 38.0 Å². The minimum atomic E-state index is -0.425. The molecular formula is C18H21N3O4S. The van der Waals surface area contributed by atoms with Gasteiger partial charge in [-0.3, -0.25) is 9.59 Å². The number of aromatic nitrogens is 2. The normalized spacial score (nSPS) is 16.0. The summed E-state index contributed by atoms with van der Waals surface area (Å²) in [4.78, 5) is 29.3. The van der Waals surface area contributed by atoms with Crippen LogP contribution >= 0.6 is 11.8 Å². The molecule has 0 saturated heterocycles. The second kappa shape index (κ2) is 7.41. The van der Waals surface area contributed by atoms with Gasteiger partial charge in [-0.05, 0) is 11.8 Å². The first-order valence-electron chi connectivity index (χ1n) is 8.25. The minimum Gasteiger partial charge on any atom is -0.497 e. The first-order valence-corrected chi connectivity index (χ1v) is 9.24. The monoisotopic (exact) mass is 375 g/mol. The Balaban J connectivity index is 2.20. The fourth-order valence-corrected chi connectivity index (χ4v) is 3.86. The smallest absolute Gasteiger partial charge is 0.279 e. The molecule has 2 heterocycles. The van der Waals surface area contributed by atoms with Crippen LogP contribution < -0.4 is 20.3 Å². The van der Waals surface area contributed by atoms with Crippen LogP contribution in [-0.2, 0) is 11.8 Å². The zero-order chi connectivity index (χ0) is 18.8. The summed E-state index contributed by atoms with van der Waals surface area (Å²) in [5.41, 5.74) is 0.923. The summed E-state index contributed by atoms with van der Waals surface area (Å²) in [6.07, 6.45) is 0.160. The molecule has 3 rings (SSSR count). The van der Waals surface area contributed by atoms with Crippen LogP contribution in [0.1, 0.15) is 30.4 Å². The van der Waals surface area contributed by atoms with E-state index in [1.165, 1.54) is 11.8 Å². The second-order valence-corrected chi connectivity index (χ2v) is 7.10. The molecule has 26 heavy (non-hydrogen) atoms. The number of carbonyl (C=O) groups excluding carboxylic acids is 1. The summed E-state index contributed by atoms with van der Waals surface area (Å²) in [5.74, 6) is 1.93. The molecule has 138 valence electrons. The Kier molecular flexibility index (Phi) is 5.22. The molecule has 1 amide bonds. The fraction of sp³-hybridized carbons (Fsp3) is 0.389. The average molecular weight is 375 g/mol. The second-order valence-electron chi connectivity index (χ2n) is 5.87. The first kappa shape index (κ1) is 18.3. The molecule has 8 heteroatoms. The summed E-state index contributed by atoms with van der Waals surface area (Å²) in [6, 6.07) is 5.38. The Morgan fingerprint density at radius 3 is 2.73 bits per heavy atom. The van der Waals surface area contributed by atoms with Crippen LogP contribution in [-0.4, -0.2) is 35.4 Å². The van der Waals surface area contributed by atoms with E-state index in [0.29, 0.717) is 28.0 Å². The summed E-state index contributed by atoms with van der Waals surface area (Å²) < 4.78 is 12.5. The van der Waals surface area contributed by atoms with Crippen molar-refractivity contribution < 1.29 is 14.3 Å². The van der Waals surface area contributed by atoms with Crippen molar-refractivity contribution in [1.82, 2.24) is 9.55 Å². The lowest BCUT2D eigenvalue weighted by molar-refractivity contribution is -0.116. The molecule has 1 aromatic carbocycles. The first-order chi connectivity index (χ1) is 12.5. The van der Waals surface area contributed by atoms with Crippen LogP contribution in [0.2, 0.25) is 0 Å². The number of fused-ring (bicyclic) bond motifs is 1. The Bertz CT molecular complexity index is 910. The van der Waals surface area contributed by atoms with Gasteiger partial charge in [-0.25, -0.2) is 0 Å². The summed E-state index contributed by atoms with van der Waals surface area (Å²) in [7, 11) is 4.93. The van der Waals surface area contributed by atoms with Crippen molar-refractivity contribution >= 4 is 23.5 Å². The Labute approximate surface area is 155 Å². The van der Waals surface area contributed by atoms with Crippen LogP contribution in [0, 0.1) is 0 Å². The highest BCUT2D eigenvalue weighted by atomic mass is 32.2. The van der Waals surface area contributed by atoms with Gasteiger partial charge in [0.25, 0.3) is 5.56 Å². The zero-order valence-corrected chi connectivity index (χ0v) is 16.0. The highest BCUT2D eigenvalue weighted by Gasteiger charge is 2.33. The summed E-state index contributed by atoms with van der Waals surface area (Å²) in [5, 5.41) is 3.42. The summed E-state index contributed by atoms with van der Waals surface area (Å²) >= 11 is 1.46. The molecule has 2 aromatic rings. The van der Waals surface area contributed by atoms with Gasteiger partial charge in [0.2, 0.25) is 5.91 Å². The minimum absolute atomic E-state index is 0.144. The Hall–Kier alpha value is -2.48. The van der Waals surface area contributed by atoms with Gasteiger partial charge in [-0.15, -0.1) is 0 Å². The lowest BCUT2D eigenvalue weighted by atomic mass is 9.86. The largest absolute Gasteiger partial charge is 0.497 e. The molecule has 1 atom stereocenters. The zero-order valence-electron chi connectivity index (χ0n) is 15.2. The van der Waals surface area contributed by atoms with E-state index < -0.39 is 5.92 Å². The SMILES string of the molecule is CCSc1nc(=O)c2c(n1C)NC(=O)C[C@@H]2c1ccc(OC)cc1OC. The number of nitrogens with zero attached hydrogens (tertiary/aromatic N) is 2. The summed E-state index contributed by atoms with van der Waals surface area (Å²) in [6.45, 7) is 1.99. The molecule has 1 aliphatic heterocycles. The van der Waals surface area contributed by atoms with E-state index in [2.05, 4.69) is 10.3 Å². The number of amides is 1. The maximum atomic E-state index is 12.8. The highest BCUT2D eigenvalue weighted by molar-refractivity contribution is 7.99. The van der Waals surface area contributed by atoms with Crippen LogP contribution in [0.25, 0.3) is 0 Å². The van der Waals surface area contributed by atoms with Crippen LogP contribution in [0.15, 0.2) is 28.2 Å². The third kappa shape index (κ3) is 3.16. The van der Waals surface area contributed by atoms with Crippen LogP contribution in [0.5, 0.6) is 11.5 Å². The Morgan fingerprint density at radius 1 is 1.31 bits per heavy atom. The quantitative estimate of drug-likeness (QED) is 0.638. The molecule has 0 fully saturated rings. The number of rotatable bonds is 5. The third-order valence-electron chi connectivity index (χ3n) is 4.39. The molecule has 1 aliphatic rings. The topological polar surface area (TPSA) is 82.5 Å². The Morgan fingerprint density at radius 2 is 2.08 bits per heavy atom. The van der Waals surface area contributed by atoms with E-state index in [1.807, 2.05) is 13.0 Å². The van der Waals surface area contributed by atoms with Crippen LogP contribution in [0.4, 0.5) is 5.82 Å². The number of hydrogen-bond donors (Lipinski definition) is 1. The lowest BCUT2D eigenvalue weighted by Gasteiger charge is -2.28. The van der Waals surface area contributed by atoms with Crippen molar-refractivity contribution in [2.75, 3.05) is 25.3 Å². The van der Waals surface area contributed by atoms with E-state index in [9.17, 15) is 9.59 Å². The number of methoxy groups -OCH3 is 2. The number of hydrogen-bond acceptors (Lipinski definition) is 6. The highest BCUT2D eigenvalue weighted by Crippen LogP contribution is 2.40. The number of thioether (sulfide) groups is 1. The van der Waals surface area contributed by atoms with E-state index in [0.717, 1.165) is 11.3 Å². The maximum Gasteiger partial charge on any atom is 0.279 e. The third-order valence-corrected chi connectivity index (χ3v) is 5.30. The van der Waals surface area contributed by atoms with Gasteiger partial charge in [-0.1, -0.05) is 24.8 Å². The van der Waals surface area contributed by atoms with E-state index >= 15 is 0 Å². The number of benzene rings is 1. The van der Waals surface area contributed by atoms with Gasteiger partial charge in [0.15, 0.2) is 5.16 Å². The van der Waals surface area contributed by atoms with Crippen molar-refractivity contribution in [1.29, 1.82) is 0 Å². The van der Waals surface area contributed by atoms with Crippen molar-refractivity contribution in [2.24, 2.45) is 7.05 Å². The van der Waals surface area contributed by atoms with Crippen molar-refractivity contribution in [3.8, 4) is 11.5 Å². The average Bonchev–Trinajstić information content (AvgIpc) is 2.64. The van der Waals surface area contributed by atoms with Gasteiger partial charge in [0, 0.05) is 31.0 Å². The molecule has 1 N–H and O–H groups in total. The molecule has 0 saturated carbocycles. The molecule has 0 bridgehead atoms. The molecule has 0 radical (unpaired) electrons. The molecule has 1 aromatic heterocycles. The van der Waals surface area contributed by atoms with Crippen molar-refractivity contribution in [3.05, 3.63) is 39.7 Å². The maximum absolute atomic E-state index is 12.8. The molecule has 7 nitrogen and oxygen atoms in total. The standard InChI is InChI=1S/C18H21N3O4S/c1-5-26-18-20-17(23)15-12(9-14(22)19-16(15)21(18)2)11-7-6-10(24-3)8-13(11)25-4/h6-8,12H,5,9H2,1-4H3,(H,19,22)/t12-/m1/s1. The van der Waals surface area contributed by atoms with Crippen molar-refractivity contribution in [3.63, 3.8) is 0 Å². The number of ether oxygens (including phenoxy) is 2. The van der Waals surface area contributed by atoms with Gasteiger partial charge in [0.1, 0.15) is 17.3 Å². The molecule has 0 spiro atoms. The van der Waals surface area contributed by atoms with Gasteiger partial charge < -0.3 is 19.4 Å². The van der Waals surface area contributed by atoms with Gasteiger partial charge in [-0.2, -0.15) is 4.98 Å².